The molecule has 0 fully saturated rings. The summed E-state index contributed by atoms with van der Waals surface area (Å²) < 4.78 is 39.3. The molecule has 2 aromatic rings. The van der Waals surface area contributed by atoms with E-state index in [0.29, 0.717) is 6.42 Å². The van der Waals surface area contributed by atoms with E-state index in [1.54, 1.807) is 0 Å². The zero-order valence-corrected chi connectivity index (χ0v) is 11.4. The van der Waals surface area contributed by atoms with Crippen LogP contribution in [0.15, 0.2) is 30.3 Å². The van der Waals surface area contributed by atoms with Gasteiger partial charge in [0, 0.05) is 6.04 Å². The first-order valence-electron chi connectivity index (χ1n) is 6.34. The fourth-order valence-corrected chi connectivity index (χ4v) is 2.35. The molecular formula is C16H16F3N. The number of hydrogen-bond acceptors (Lipinski definition) is 1. The summed E-state index contributed by atoms with van der Waals surface area (Å²) in [6.45, 7) is 3.94. The zero-order chi connectivity index (χ0) is 14.9. The highest BCUT2D eigenvalue weighted by Gasteiger charge is 2.15. The number of rotatable bonds is 3. The van der Waals surface area contributed by atoms with E-state index in [2.05, 4.69) is 0 Å². The van der Waals surface area contributed by atoms with Crippen molar-refractivity contribution in [1.82, 2.24) is 0 Å². The van der Waals surface area contributed by atoms with Crippen molar-refractivity contribution in [2.24, 2.45) is 5.73 Å². The predicted octanol–water partition coefficient (Wildman–Crippen LogP) is 3.96. The van der Waals surface area contributed by atoms with E-state index in [4.69, 9.17) is 5.73 Å². The van der Waals surface area contributed by atoms with E-state index in [0.717, 1.165) is 28.8 Å². The summed E-state index contributed by atoms with van der Waals surface area (Å²) >= 11 is 0. The van der Waals surface area contributed by atoms with Crippen LogP contribution in [0.5, 0.6) is 0 Å². The van der Waals surface area contributed by atoms with E-state index in [9.17, 15) is 13.2 Å². The van der Waals surface area contributed by atoms with Crippen molar-refractivity contribution in [3.63, 3.8) is 0 Å². The van der Waals surface area contributed by atoms with Gasteiger partial charge in [-0.1, -0.05) is 29.3 Å². The van der Waals surface area contributed by atoms with Gasteiger partial charge >= 0.3 is 0 Å². The molecule has 0 aliphatic carbocycles. The number of hydrogen-bond donors (Lipinski definition) is 1. The Labute approximate surface area is 116 Å². The largest absolute Gasteiger partial charge is 0.324 e. The molecule has 0 heterocycles. The van der Waals surface area contributed by atoms with Gasteiger partial charge in [-0.25, -0.2) is 13.2 Å². The fraction of sp³-hybridized carbons (Fsp3) is 0.250. The third kappa shape index (κ3) is 3.20. The standard InChI is InChI=1S/C16H16F3N/c1-9-3-10(2)5-11(4-9)6-15(20)12-7-13(17)16(19)14(18)8-12/h3-5,7-8,15H,6,20H2,1-2H3. The molecule has 4 heteroatoms. The highest BCUT2D eigenvalue weighted by atomic mass is 19.2. The monoisotopic (exact) mass is 279 g/mol. The van der Waals surface area contributed by atoms with Gasteiger partial charge in [0.05, 0.1) is 0 Å². The van der Waals surface area contributed by atoms with Crippen LogP contribution in [0, 0.1) is 31.3 Å². The Kier molecular flexibility index (Phi) is 4.14. The van der Waals surface area contributed by atoms with Gasteiger partial charge < -0.3 is 5.73 Å². The number of nitrogens with two attached hydrogens (primary N) is 1. The van der Waals surface area contributed by atoms with Gasteiger partial charge in [0.15, 0.2) is 17.5 Å². The minimum Gasteiger partial charge on any atom is -0.324 e. The van der Waals surface area contributed by atoms with Gasteiger partial charge in [-0.15, -0.1) is 0 Å². The highest BCUT2D eigenvalue weighted by Crippen LogP contribution is 2.22. The van der Waals surface area contributed by atoms with Crippen LogP contribution >= 0.6 is 0 Å². The van der Waals surface area contributed by atoms with Crippen LogP contribution in [0.3, 0.4) is 0 Å². The molecular weight excluding hydrogens is 263 g/mol. The summed E-state index contributed by atoms with van der Waals surface area (Å²) in [6, 6.07) is 7.30. The summed E-state index contributed by atoms with van der Waals surface area (Å²) in [5.74, 6) is -3.89. The average Bonchev–Trinajstić information content (AvgIpc) is 2.33. The van der Waals surface area contributed by atoms with Crippen molar-refractivity contribution in [3.05, 3.63) is 70.0 Å². The van der Waals surface area contributed by atoms with E-state index in [1.165, 1.54) is 0 Å². The molecule has 1 nitrogen and oxygen atoms in total. The quantitative estimate of drug-likeness (QED) is 0.845. The fourth-order valence-electron chi connectivity index (χ4n) is 2.35. The zero-order valence-electron chi connectivity index (χ0n) is 11.4. The Bertz CT molecular complexity index is 594. The molecule has 0 saturated heterocycles. The minimum absolute atomic E-state index is 0.251. The first kappa shape index (κ1) is 14.6. The molecule has 0 aliphatic heterocycles. The Hall–Kier alpha value is -1.81. The van der Waals surface area contributed by atoms with Crippen LogP contribution in [0.2, 0.25) is 0 Å². The van der Waals surface area contributed by atoms with Crippen molar-refractivity contribution < 1.29 is 13.2 Å². The van der Waals surface area contributed by atoms with Crippen molar-refractivity contribution >= 4 is 0 Å². The highest BCUT2D eigenvalue weighted by molar-refractivity contribution is 5.31. The molecule has 0 aliphatic rings. The van der Waals surface area contributed by atoms with Gasteiger partial charge in [0.25, 0.3) is 0 Å². The first-order chi connectivity index (χ1) is 9.36. The Morgan fingerprint density at radius 1 is 0.900 bits per heavy atom. The van der Waals surface area contributed by atoms with Gasteiger partial charge in [-0.05, 0) is 43.5 Å². The molecule has 1 atom stereocenters. The van der Waals surface area contributed by atoms with Gasteiger partial charge in [-0.2, -0.15) is 0 Å². The average molecular weight is 279 g/mol. The number of benzene rings is 2. The topological polar surface area (TPSA) is 26.0 Å². The molecule has 0 spiro atoms. The maximum Gasteiger partial charge on any atom is 0.194 e. The molecule has 2 N–H and O–H groups in total. The van der Waals surface area contributed by atoms with Gasteiger partial charge in [0.2, 0.25) is 0 Å². The second-order valence-corrected chi connectivity index (χ2v) is 5.11. The van der Waals surface area contributed by atoms with E-state index in [-0.39, 0.29) is 5.56 Å². The number of aryl methyl sites for hydroxylation is 2. The van der Waals surface area contributed by atoms with E-state index < -0.39 is 23.5 Å². The lowest BCUT2D eigenvalue weighted by Gasteiger charge is -2.14. The summed E-state index contributed by atoms with van der Waals surface area (Å²) in [6.07, 6.45) is 0.438. The van der Waals surface area contributed by atoms with Gasteiger partial charge in [-0.3, -0.25) is 0 Å². The number of halogens is 3. The third-order valence-electron chi connectivity index (χ3n) is 3.17. The first-order valence-corrected chi connectivity index (χ1v) is 6.34. The molecule has 0 radical (unpaired) electrons. The van der Waals surface area contributed by atoms with Crippen molar-refractivity contribution in [2.75, 3.05) is 0 Å². The summed E-state index contributed by atoms with van der Waals surface area (Å²) in [5, 5.41) is 0. The molecule has 0 amide bonds. The molecule has 0 saturated carbocycles. The second kappa shape index (κ2) is 5.67. The van der Waals surface area contributed by atoms with Gasteiger partial charge in [0.1, 0.15) is 0 Å². The molecule has 0 aromatic heterocycles. The van der Waals surface area contributed by atoms with Crippen LogP contribution in [-0.4, -0.2) is 0 Å². The summed E-state index contributed by atoms with van der Waals surface area (Å²) in [5.41, 5.74) is 9.40. The summed E-state index contributed by atoms with van der Waals surface area (Å²) in [4.78, 5) is 0. The summed E-state index contributed by atoms with van der Waals surface area (Å²) in [7, 11) is 0. The Balaban J connectivity index is 2.25. The predicted molar refractivity (Wildman–Crippen MR) is 72.9 cm³/mol. The molecule has 2 aromatic carbocycles. The van der Waals surface area contributed by atoms with Crippen LogP contribution in [-0.2, 0) is 6.42 Å². The minimum atomic E-state index is -1.47. The molecule has 0 bridgehead atoms. The van der Waals surface area contributed by atoms with Crippen LogP contribution in [0.4, 0.5) is 13.2 Å². The Morgan fingerprint density at radius 3 is 1.90 bits per heavy atom. The maximum atomic E-state index is 13.2. The lowest BCUT2D eigenvalue weighted by molar-refractivity contribution is 0.443. The van der Waals surface area contributed by atoms with E-state index in [1.807, 2.05) is 32.0 Å². The second-order valence-electron chi connectivity index (χ2n) is 5.11. The SMILES string of the molecule is Cc1cc(C)cc(CC(N)c2cc(F)c(F)c(F)c2)c1. The van der Waals surface area contributed by atoms with Crippen LogP contribution in [0.25, 0.3) is 0 Å². The van der Waals surface area contributed by atoms with Crippen molar-refractivity contribution in [2.45, 2.75) is 26.3 Å². The normalized spacial score (nSPS) is 12.5. The molecule has 1 unspecified atom stereocenters. The van der Waals surface area contributed by atoms with Crippen LogP contribution < -0.4 is 5.73 Å². The van der Waals surface area contributed by atoms with Crippen molar-refractivity contribution in [1.29, 1.82) is 0 Å². The van der Waals surface area contributed by atoms with Crippen LogP contribution in [0.1, 0.15) is 28.3 Å². The Morgan fingerprint density at radius 2 is 1.40 bits per heavy atom. The van der Waals surface area contributed by atoms with Crippen molar-refractivity contribution in [3.8, 4) is 0 Å². The third-order valence-corrected chi connectivity index (χ3v) is 3.17. The molecule has 2 rings (SSSR count). The lowest BCUT2D eigenvalue weighted by Crippen LogP contribution is -2.14. The molecule has 20 heavy (non-hydrogen) atoms. The smallest absolute Gasteiger partial charge is 0.194 e. The lowest BCUT2D eigenvalue weighted by atomic mass is 9.97. The molecule has 106 valence electrons. The maximum absolute atomic E-state index is 13.2. The van der Waals surface area contributed by atoms with E-state index >= 15 is 0 Å².